The Balaban J connectivity index is 1.72. The number of hydrogen-bond acceptors (Lipinski definition) is 5. The van der Waals surface area contributed by atoms with Crippen molar-refractivity contribution in [3.8, 4) is 0 Å². The zero-order valence-electron chi connectivity index (χ0n) is 13.7. The molecule has 1 unspecified atom stereocenters. The molecule has 0 amide bonds. The van der Waals surface area contributed by atoms with Crippen molar-refractivity contribution in [3.63, 3.8) is 0 Å². The third kappa shape index (κ3) is 3.54. The number of carboxylic acid groups (broad SMARTS) is 1. The molecule has 0 fully saturated rings. The van der Waals surface area contributed by atoms with Gasteiger partial charge in [-0.3, -0.25) is 4.79 Å². The van der Waals surface area contributed by atoms with Crippen molar-refractivity contribution in [3.05, 3.63) is 53.0 Å². The molecule has 1 aliphatic heterocycles. The second-order valence-corrected chi connectivity index (χ2v) is 8.69. The van der Waals surface area contributed by atoms with E-state index in [1.165, 1.54) is 17.8 Å². The third-order valence-corrected chi connectivity index (χ3v) is 7.07. The molecule has 3 aromatic rings. The molecule has 4 nitrogen and oxygen atoms in total. The van der Waals surface area contributed by atoms with E-state index in [4.69, 9.17) is 12.2 Å². The third-order valence-electron chi connectivity index (χ3n) is 4.07. The molecule has 0 saturated heterocycles. The van der Waals surface area contributed by atoms with Gasteiger partial charge in [-0.1, -0.05) is 24.4 Å². The Bertz CT molecular complexity index is 1070. The van der Waals surface area contributed by atoms with Crippen LogP contribution in [0.4, 0.5) is 14.5 Å². The zero-order valence-corrected chi connectivity index (χ0v) is 16.1. The van der Waals surface area contributed by atoms with E-state index in [0.29, 0.717) is 14.7 Å². The number of carbonyl (C=O) groups is 1. The first-order valence-corrected chi connectivity index (χ1v) is 10.1. The number of carboxylic acids is 1. The van der Waals surface area contributed by atoms with Crippen LogP contribution in [0.5, 0.6) is 0 Å². The average molecular weight is 423 g/mol. The van der Waals surface area contributed by atoms with Gasteiger partial charge in [-0.15, -0.1) is 23.1 Å². The van der Waals surface area contributed by atoms with E-state index >= 15 is 0 Å². The van der Waals surface area contributed by atoms with Crippen molar-refractivity contribution >= 4 is 62.2 Å². The van der Waals surface area contributed by atoms with E-state index in [1.54, 1.807) is 0 Å². The fourth-order valence-electron chi connectivity index (χ4n) is 2.94. The number of thioether (sulfide) groups is 1. The van der Waals surface area contributed by atoms with Gasteiger partial charge < -0.3 is 10.0 Å². The number of nitrogens with zero attached hydrogens (tertiary/aromatic N) is 2. The maximum atomic E-state index is 14.0. The zero-order chi connectivity index (χ0) is 19.1. The fraction of sp³-hybridized carbons (Fsp3) is 0.167. The average Bonchev–Trinajstić information content (AvgIpc) is 3.01. The molecule has 1 atom stereocenters. The summed E-state index contributed by atoms with van der Waals surface area (Å²) in [6.45, 7) is 0.271. The largest absolute Gasteiger partial charge is 0.481 e. The maximum Gasteiger partial charge on any atom is 0.304 e. The van der Waals surface area contributed by atoms with E-state index in [-0.39, 0.29) is 23.7 Å². The minimum Gasteiger partial charge on any atom is -0.481 e. The van der Waals surface area contributed by atoms with Gasteiger partial charge in [0.05, 0.1) is 39.1 Å². The highest BCUT2D eigenvalue weighted by molar-refractivity contribution is 8.02. The summed E-state index contributed by atoms with van der Waals surface area (Å²) in [6.07, 6.45) is -0.0893. The van der Waals surface area contributed by atoms with Gasteiger partial charge >= 0.3 is 5.97 Å². The molecule has 2 aromatic carbocycles. The molecule has 0 bridgehead atoms. The lowest BCUT2D eigenvalue weighted by Gasteiger charge is -2.35. The van der Waals surface area contributed by atoms with Crippen LogP contribution in [-0.2, 0) is 11.3 Å². The summed E-state index contributed by atoms with van der Waals surface area (Å²) in [7, 11) is 0. The van der Waals surface area contributed by atoms with Crippen LogP contribution in [-0.4, -0.2) is 26.3 Å². The summed E-state index contributed by atoms with van der Waals surface area (Å²) in [4.78, 5) is 18.8. The molecule has 1 N–H and O–H groups in total. The first-order valence-electron chi connectivity index (χ1n) is 7.95. The molecular weight excluding hydrogens is 410 g/mol. The lowest BCUT2D eigenvalue weighted by molar-refractivity contribution is -0.136. The molecule has 1 aromatic heterocycles. The number of benzene rings is 2. The quantitative estimate of drug-likeness (QED) is 0.606. The highest BCUT2D eigenvalue weighted by Crippen LogP contribution is 2.42. The highest BCUT2D eigenvalue weighted by Gasteiger charge is 2.32. The minimum atomic E-state index is -0.924. The Kier molecular flexibility index (Phi) is 4.83. The number of aromatic nitrogens is 1. The molecule has 1 aliphatic rings. The van der Waals surface area contributed by atoms with Crippen LogP contribution in [0.2, 0.25) is 0 Å². The van der Waals surface area contributed by atoms with Crippen LogP contribution < -0.4 is 4.90 Å². The number of rotatable bonds is 4. The molecule has 2 heterocycles. The van der Waals surface area contributed by atoms with E-state index in [0.717, 1.165) is 28.0 Å². The number of fused-ring (bicyclic) bond motifs is 2. The van der Waals surface area contributed by atoms with Crippen LogP contribution in [0.25, 0.3) is 10.2 Å². The molecule has 138 valence electrons. The Hall–Kier alpha value is -2.10. The van der Waals surface area contributed by atoms with E-state index in [1.807, 2.05) is 29.2 Å². The molecular formula is C18H12F2N2O2S3. The number of hydrogen-bond donors (Lipinski definition) is 1. The topological polar surface area (TPSA) is 53.4 Å². The van der Waals surface area contributed by atoms with Crippen molar-refractivity contribution in [1.82, 2.24) is 4.98 Å². The summed E-state index contributed by atoms with van der Waals surface area (Å²) in [5.41, 5.74) is 1.13. The lowest BCUT2D eigenvalue weighted by atomic mass is 10.2. The second kappa shape index (κ2) is 7.14. The van der Waals surface area contributed by atoms with E-state index in [2.05, 4.69) is 4.98 Å². The minimum absolute atomic E-state index is 0.0893. The van der Waals surface area contributed by atoms with Crippen molar-refractivity contribution < 1.29 is 18.7 Å². The molecule has 9 heteroatoms. The monoisotopic (exact) mass is 422 g/mol. The standard InChI is InChI=1S/C18H12F2N2O2S3/c19-9-5-10(20)17-11(6-9)21-15(27-17)8-22-12-3-1-2-4-13(12)26-14(18(22)25)7-16(23)24/h1-6,14H,7-8H2,(H,23,24). The highest BCUT2D eigenvalue weighted by atomic mass is 32.2. The van der Waals surface area contributed by atoms with Gasteiger partial charge in [-0.2, -0.15) is 0 Å². The number of para-hydroxylation sites is 1. The predicted molar refractivity (Wildman–Crippen MR) is 107 cm³/mol. The van der Waals surface area contributed by atoms with Gasteiger partial charge in [0.2, 0.25) is 0 Å². The number of halogens is 2. The first kappa shape index (κ1) is 18.3. The summed E-state index contributed by atoms with van der Waals surface area (Å²) >= 11 is 8.12. The SMILES string of the molecule is O=C(O)CC1Sc2ccccc2N(Cc2nc3cc(F)cc(F)c3s2)C1=S. The van der Waals surface area contributed by atoms with Gasteiger partial charge in [0, 0.05) is 17.0 Å². The molecule has 4 rings (SSSR count). The lowest BCUT2D eigenvalue weighted by Crippen LogP contribution is -2.40. The van der Waals surface area contributed by atoms with Gasteiger partial charge in [0.15, 0.2) is 0 Å². The van der Waals surface area contributed by atoms with Gasteiger partial charge in [-0.05, 0) is 12.1 Å². The van der Waals surface area contributed by atoms with Crippen LogP contribution >= 0.6 is 35.3 Å². The van der Waals surface area contributed by atoms with Gasteiger partial charge in [-0.25, -0.2) is 13.8 Å². The van der Waals surface area contributed by atoms with Crippen LogP contribution in [0.1, 0.15) is 11.4 Å². The van der Waals surface area contributed by atoms with Crippen molar-refractivity contribution in [2.75, 3.05) is 4.90 Å². The number of aliphatic carboxylic acids is 1. The Morgan fingerprint density at radius 1 is 1.30 bits per heavy atom. The summed E-state index contributed by atoms with van der Waals surface area (Å²) < 4.78 is 27.7. The van der Waals surface area contributed by atoms with Crippen molar-refractivity contribution in [2.24, 2.45) is 0 Å². The molecule has 0 spiro atoms. The first-order chi connectivity index (χ1) is 12.9. The van der Waals surface area contributed by atoms with Crippen LogP contribution in [0, 0.1) is 11.6 Å². The van der Waals surface area contributed by atoms with Gasteiger partial charge in [0.1, 0.15) is 16.6 Å². The predicted octanol–water partition coefficient (Wildman–Crippen LogP) is 4.86. The van der Waals surface area contributed by atoms with E-state index < -0.39 is 17.6 Å². The fourth-order valence-corrected chi connectivity index (χ4v) is 5.48. The molecule has 0 saturated carbocycles. The number of thiazole rings is 1. The van der Waals surface area contributed by atoms with Crippen molar-refractivity contribution in [2.45, 2.75) is 23.1 Å². The van der Waals surface area contributed by atoms with E-state index in [9.17, 15) is 18.7 Å². The number of anilines is 1. The Morgan fingerprint density at radius 2 is 2.07 bits per heavy atom. The number of thiocarbonyl (C=S) groups is 1. The normalized spacial score (nSPS) is 16.6. The maximum absolute atomic E-state index is 14.0. The smallest absolute Gasteiger partial charge is 0.304 e. The Morgan fingerprint density at radius 3 is 2.85 bits per heavy atom. The molecule has 0 aliphatic carbocycles. The molecule has 0 radical (unpaired) electrons. The summed E-state index contributed by atoms with van der Waals surface area (Å²) in [6, 6.07) is 9.61. The second-order valence-electron chi connectivity index (χ2n) is 5.94. The summed E-state index contributed by atoms with van der Waals surface area (Å²) in [5.74, 6) is -2.24. The Labute approximate surface area is 166 Å². The molecule has 27 heavy (non-hydrogen) atoms. The van der Waals surface area contributed by atoms with Crippen LogP contribution in [0.3, 0.4) is 0 Å². The van der Waals surface area contributed by atoms with Gasteiger partial charge in [0.25, 0.3) is 0 Å². The van der Waals surface area contributed by atoms with Crippen molar-refractivity contribution in [1.29, 1.82) is 0 Å². The summed E-state index contributed by atoms with van der Waals surface area (Å²) in [5, 5.41) is 9.38. The van der Waals surface area contributed by atoms with Crippen LogP contribution in [0.15, 0.2) is 41.3 Å².